The number of amides is 2. The molecule has 0 bridgehead atoms. The number of benzene rings is 3. The lowest BCUT2D eigenvalue weighted by atomic mass is 10.1. The zero-order valence-corrected chi connectivity index (χ0v) is 15.8. The first kappa shape index (κ1) is 19.3. The molecule has 0 aliphatic rings. The average Bonchev–Trinajstić information content (AvgIpc) is 2.70. The van der Waals surface area contributed by atoms with Crippen LogP contribution in [0.1, 0.15) is 33.2 Å². The molecule has 5 heteroatoms. The van der Waals surface area contributed by atoms with Crippen molar-refractivity contribution in [1.82, 2.24) is 0 Å². The Kier molecular flexibility index (Phi) is 5.84. The minimum Gasteiger partial charge on any atom is -0.322 e. The summed E-state index contributed by atoms with van der Waals surface area (Å²) in [7, 11) is 0. The third-order valence-electron chi connectivity index (χ3n) is 4.37. The van der Waals surface area contributed by atoms with E-state index in [-0.39, 0.29) is 17.6 Å². The van der Waals surface area contributed by atoms with Crippen LogP contribution < -0.4 is 10.2 Å². The summed E-state index contributed by atoms with van der Waals surface area (Å²) in [5, 5.41) is 2.70. The van der Waals surface area contributed by atoms with Crippen molar-refractivity contribution >= 4 is 23.2 Å². The standard InChI is InChI=1S/C23H21FN2O2/c1-3-26(21-6-4-5-16(2)15-21)23(28)18-9-7-17(8-10-18)22(27)25-20-13-11-19(24)12-14-20/h4-15H,3H2,1-2H3,(H,25,27). The monoisotopic (exact) mass is 376 g/mol. The van der Waals surface area contributed by atoms with Gasteiger partial charge in [0.15, 0.2) is 0 Å². The highest BCUT2D eigenvalue weighted by molar-refractivity contribution is 6.08. The number of rotatable bonds is 5. The predicted molar refractivity (Wildman–Crippen MR) is 109 cm³/mol. The van der Waals surface area contributed by atoms with E-state index in [0.29, 0.717) is 23.4 Å². The van der Waals surface area contributed by atoms with Gasteiger partial charge in [0.2, 0.25) is 0 Å². The fraction of sp³-hybridized carbons (Fsp3) is 0.130. The number of carbonyl (C=O) groups is 2. The molecular formula is C23H21FN2O2. The Morgan fingerprint density at radius 2 is 1.57 bits per heavy atom. The first-order valence-electron chi connectivity index (χ1n) is 9.03. The van der Waals surface area contributed by atoms with Crippen molar-refractivity contribution in [3.63, 3.8) is 0 Å². The van der Waals surface area contributed by atoms with Gasteiger partial charge in [-0.3, -0.25) is 9.59 Å². The smallest absolute Gasteiger partial charge is 0.258 e. The minimum absolute atomic E-state index is 0.126. The Labute approximate surface area is 163 Å². The molecule has 0 aromatic heterocycles. The fourth-order valence-corrected chi connectivity index (χ4v) is 2.90. The SMILES string of the molecule is CCN(C(=O)c1ccc(C(=O)Nc2ccc(F)cc2)cc1)c1cccc(C)c1. The maximum Gasteiger partial charge on any atom is 0.258 e. The third-order valence-corrected chi connectivity index (χ3v) is 4.37. The van der Waals surface area contributed by atoms with Crippen LogP contribution >= 0.6 is 0 Å². The van der Waals surface area contributed by atoms with Crippen LogP contribution in [0.2, 0.25) is 0 Å². The Morgan fingerprint density at radius 3 is 2.18 bits per heavy atom. The second-order valence-electron chi connectivity index (χ2n) is 6.43. The number of carbonyl (C=O) groups excluding carboxylic acids is 2. The molecule has 2 amide bonds. The molecule has 1 N–H and O–H groups in total. The summed E-state index contributed by atoms with van der Waals surface area (Å²) < 4.78 is 13.0. The van der Waals surface area contributed by atoms with E-state index in [9.17, 15) is 14.0 Å². The summed E-state index contributed by atoms with van der Waals surface area (Å²) in [6.45, 7) is 4.44. The van der Waals surface area contributed by atoms with Crippen molar-refractivity contribution < 1.29 is 14.0 Å². The van der Waals surface area contributed by atoms with Gasteiger partial charge in [0.1, 0.15) is 5.82 Å². The molecule has 3 aromatic carbocycles. The Bertz CT molecular complexity index is 982. The number of halogens is 1. The maximum absolute atomic E-state index is 13.0. The van der Waals surface area contributed by atoms with Crippen molar-refractivity contribution in [1.29, 1.82) is 0 Å². The maximum atomic E-state index is 13.0. The first-order chi connectivity index (χ1) is 13.5. The lowest BCUT2D eigenvalue weighted by Crippen LogP contribution is -2.30. The lowest BCUT2D eigenvalue weighted by Gasteiger charge is -2.21. The van der Waals surface area contributed by atoms with Crippen LogP contribution in [-0.2, 0) is 0 Å². The van der Waals surface area contributed by atoms with Crippen LogP contribution in [-0.4, -0.2) is 18.4 Å². The van der Waals surface area contributed by atoms with Gasteiger partial charge in [-0.05, 0) is 80.1 Å². The summed E-state index contributed by atoms with van der Waals surface area (Å²) in [5.41, 5.74) is 3.34. The van der Waals surface area contributed by atoms with E-state index in [1.165, 1.54) is 24.3 Å². The fourth-order valence-electron chi connectivity index (χ4n) is 2.90. The van der Waals surface area contributed by atoms with E-state index in [1.54, 1.807) is 29.2 Å². The highest BCUT2D eigenvalue weighted by Crippen LogP contribution is 2.19. The Balaban J connectivity index is 1.74. The van der Waals surface area contributed by atoms with E-state index in [4.69, 9.17) is 0 Å². The predicted octanol–water partition coefficient (Wildman–Crippen LogP) is 5.05. The molecule has 0 atom stereocenters. The molecule has 0 spiro atoms. The highest BCUT2D eigenvalue weighted by Gasteiger charge is 2.17. The molecule has 142 valence electrons. The minimum atomic E-state index is -0.366. The number of nitrogens with zero attached hydrogens (tertiary/aromatic N) is 1. The molecular weight excluding hydrogens is 355 g/mol. The van der Waals surface area contributed by atoms with E-state index >= 15 is 0 Å². The number of aryl methyl sites for hydroxylation is 1. The number of nitrogens with one attached hydrogen (secondary N) is 1. The van der Waals surface area contributed by atoms with Crippen molar-refractivity contribution in [3.8, 4) is 0 Å². The van der Waals surface area contributed by atoms with Gasteiger partial charge >= 0.3 is 0 Å². The summed E-state index contributed by atoms with van der Waals surface area (Å²) in [6, 6.07) is 19.8. The molecule has 0 radical (unpaired) electrons. The number of hydrogen-bond donors (Lipinski definition) is 1. The third kappa shape index (κ3) is 4.43. The van der Waals surface area contributed by atoms with Crippen molar-refractivity contribution in [2.45, 2.75) is 13.8 Å². The van der Waals surface area contributed by atoms with E-state index < -0.39 is 0 Å². The average molecular weight is 376 g/mol. The number of hydrogen-bond acceptors (Lipinski definition) is 2. The van der Waals surface area contributed by atoms with Crippen molar-refractivity contribution in [2.75, 3.05) is 16.8 Å². The molecule has 0 fully saturated rings. The summed E-state index contributed by atoms with van der Waals surface area (Å²) in [4.78, 5) is 26.9. The molecule has 28 heavy (non-hydrogen) atoms. The molecule has 0 unspecified atom stereocenters. The Morgan fingerprint density at radius 1 is 0.929 bits per heavy atom. The van der Waals surface area contributed by atoms with E-state index in [2.05, 4.69) is 5.32 Å². The van der Waals surface area contributed by atoms with Gasteiger partial charge in [-0.1, -0.05) is 12.1 Å². The van der Waals surface area contributed by atoms with Gasteiger partial charge in [-0.15, -0.1) is 0 Å². The largest absolute Gasteiger partial charge is 0.322 e. The highest BCUT2D eigenvalue weighted by atomic mass is 19.1. The number of anilines is 2. The van der Waals surface area contributed by atoms with Crippen LogP contribution in [0.3, 0.4) is 0 Å². The normalized spacial score (nSPS) is 10.4. The van der Waals surface area contributed by atoms with E-state index in [1.807, 2.05) is 38.1 Å². The van der Waals surface area contributed by atoms with Crippen molar-refractivity contribution in [3.05, 3.63) is 95.3 Å². The lowest BCUT2D eigenvalue weighted by molar-refractivity contribution is 0.0985. The second kappa shape index (κ2) is 8.48. The van der Waals surface area contributed by atoms with Gasteiger partial charge < -0.3 is 10.2 Å². The van der Waals surface area contributed by atoms with Crippen LogP contribution in [0.5, 0.6) is 0 Å². The molecule has 0 saturated heterocycles. The van der Waals surface area contributed by atoms with Crippen LogP contribution in [0, 0.1) is 12.7 Å². The van der Waals surface area contributed by atoms with Crippen LogP contribution in [0.4, 0.5) is 15.8 Å². The van der Waals surface area contributed by atoms with Crippen molar-refractivity contribution in [2.24, 2.45) is 0 Å². The van der Waals surface area contributed by atoms with Gasteiger partial charge in [-0.25, -0.2) is 4.39 Å². The summed E-state index contributed by atoms with van der Waals surface area (Å²) in [5.74, 6) is -0.815. The first-order valence-corrected chi connectivity index (χ1v) is 9.03. The molecule has 0 heterocycles. The quantitative estimate of drug-likeness (QED) is 0.677. The van der Waals surface area contributed by atoms with Gasteiger partial charge in [-0.2, -0.15) is 0 Å². The zero-order chi connectivity index (χ0) is 20.1. The summed E-state index contributed by atoms with van der Waals surface area (Å²) in [6.07, 6.45) is 0. The van der Waals surface area contributed by atoms with Gasteiger partial charge in [0.25, 0.3) is 11.8 Å². The molecule has 0 aliphatic heterocycles. The van der Waals surface area contributed by atoms with Crippen LogP contribution in [0.25, 0.3) is 0 Å². The summed E-state index contributed by atoms with van der Waals surface area (Å²) >= 11 is 0. The van der Waals surface area contributed by atoms with Gasteiger partial charge in [0.05, 0.1) is 0 Å². The topological polar surface area (TPSA) is 49.4 Å². The zero-order valence-electron chi connectivity index (χ0n) is 15.8. The second-order valence-corrected chi connectivity index (χ2v) is 6.43. The van der Waals surface area contributed by atoms with Crippen LogP contribution in [0.15, 0.2) is 72.8 Å². The Hall–Kier alpha value is -3.47. The molecule has 4 nitrogen and oxygen atoms in total. The van der Waals surface area contributed by atoms with E-state index in [0.717, 1.165) is 11.3 Å². The molecule has 3 aromatic rings. The molecule has 3 rings (SSSR count). The van der Waals surface area contributed by atoms with Gasteiger partial charge in [0, 0.05) is 29.0 Å². The molecule has 0 aliphatic carbocycles. The molecule has 0 saturated carbocycles.